The van der Waals surface area contributed by atoms with E-state index in [1.807, 2.05) is 36.4 Å². The van der Waals surface area contributed by atoms with E-state index in [0.29, 0.717) is 30.3 Å². The zero-order valence-electron chi connectivity index (χ0n) is 16.7. The Hall–Kier alpha value is -2.53. The summed E-state index contributed by atoms with van der Waals surface area (Å²) >= 11 is 0. The molecule has 1 aliphatic rings. The topological polar surface area (TPSA) is 59.6 Å². The minimum atomic E-state index is -0.0755. The lowest BCUT2D eigenvalue weighted by Crippen LogP contribution is -2.30. The molecule has 1 saturated heterocycles. The van der Waals surface area contributed by atoms with Gasteiger partial charge >= 0.3 is 0 Å². The molecule has 2 N–H and O–H groups in total. The van der Waals surface area contributed by atoms with Crippen LogP contribution in [0.4, 0.5) is 0 Å². The van der Waals surface area contributed by atoms with Crippen LogP contribution in [-0.4, -0.2) is 33.2 Å². The molecule has 150 valence electrons. The molecule has 0 bridgehead atoms. The van der Waals surface area contributed by atoms with E-state index >= 15 is 0 Å². The Balaban J connectivity index is 1.69. The van der Waals surface area contributed by atoms with Crippen LogP contribution in [0.3, 0.4) is 0 Å². The highest BCUT2D eigenvalue weighted by Crippen LogP contribution is 2.29. The molecule has 2 aromatic rings. The van der Waals surface area contributed by atoms with Gasteiger partial charge in [0.05, 0.1) is 20.3 Å². The van der Waals surface area contributed by atoms with Crippen molar-refractivity contribution in [1.29, 1.82) is 0 Å². The maximum absolute atomic E-state index is 12.6. The molecule has 1 aliphatic heterocycles. The third-order valence-corrected chi connectivity index (χ3v) is 5.37. The SMILES string of the molecule is COc1ccc(CC(NC(=O)CCC2CCNC2)c2ccccc2)cc1OC. The number of ether oxygens (including phenoxy) is 2. The van der Waals surface area contributed by atoms with E-state index in [1.165, 1.54) is 6.42 Å². The Bertz CT molecular complexity index is 758. The molecule has 0 aromatic heterocycles. The fourth-order valence-electron chi connectivity index (χ4n) is 3.74. The Kier molecular flexibility index (Phi) is 7.31. The second-order valence-corrected chi connectivity index (χ2v) is 7.32. The minimum Gasteiger partial charge on any atom is -0.493 e. The summed E-state index contributed by atoms with van der Waals surface area (Å²) in [5.41, 5.74) is 2.19. The van der Waals surface area contributed by atoms with Crippen LogP contribution < -0.4 is 20.1 Å². The van der Waals surface area contributed by atoms with Gasteiger partial charge in [0.1, 0.15) is 0 Å². The van der Waals surface area contributed by atoms with Crippen LogP contribution in [0.2, 0.25) is 0 Å². The number of benzene rings is 2. The lowest BCUT2D eigenvalue weighted by Gasteiger charge is -2.21. The molecule has 1 fully saturated rings. The molecule has 1 heterocycles. The summed E-state index contributed by atoms with van der Waals surface area (Å²) < 4.78 is 10.7. The number of carbonyl (C=O) groups is 1. The van der Waals surface area contributed by atoms with Gasteiger partial charge in [-0.25, -0.2) is 0 Å². The molecule has 2 atom stereocenters. The molecule has 1 amide bonds. The summed E-state index contributed by atoms with van der Waals surface area (Å²) in [5.74, 6) is 2.14. The maximum Gasteiger partial charge on any atom is 0.220 e. The van der Waals surface area contributed by atoms with E-state index < -0.39 is 0 Å². The molecule has 0 aliphatic carbocycles. The van der Waals surface area contributed by atoms with Crippen LogP contribution in [0.1, 0.15) is 36.4 Å². The molecular weight excluding hydrogens is 352 g/mol. The Morgan fingerprint density at radius 1 is 1.14 bits per heavy atom. The fourth-order valence-corrected chi connectivity index (χ4v) is 3.74. The summed E-state index contributed by atoms with van der Waals surface area (Å²) in [6.07, 6.45) is 3.38. The van der Waals surface area contributed by atoms with E-state index in [1.54, 1.807) is 14.2 Å². The van der Waals surface area contributed by atoms with Gasteiger partial charge in [0.25, 0.3) is 0 Å². The summed E-state index contributed by atoms with van der Waals surface area (Å²) in [6.45, 7) is 2.10. The van der Waals surface area contributed by atoms with Crippen molar-refractivity contribution in [3.05, 3.63) is 59.7 Å². The molecule has 5 nitrogen and oxygen atoms in total. The predicted octanol–water partition coefficient (Wildman–Crippen LogP) is 3.49. The number of hydrogen-bond acceptors (Lipinski definition) is 4. The van der Waals surface area contributed by atoms with Gasteiger partial charge in [-0.05, 0) is 61.5 Å². The molecule has 0 saturated carbocycles. The molecule has 0 spiro atoms. The standard InChI is InChI=1S/C23H30N2O3/c1-27-21-10-8-18(15-22(21)28-2)14-20(19-6-4-3-5-7-19)25-23(26)11-9-17-12-13-24-16-17/h3-8,10,15,17,20,24H,9,11-14,16H2,1-2H3,(H,25,26). The number of carbonyl (C=O) groups excluding carboxylic acids is 1. The van der Waals surface area contributed by atoms with Crippen molar-refractivity contribution in [2.24, 2.45) is 5.92 Å². The average Bonchev–Trinajstić information content (AvgIpc) is 3.26. The highest BCUT2D eigenvalue weighted by Gasteiger charge is 2.19. The monoisotopic (exact) mass is 382 g/mol. The Morgan fingerprint density at radius 3 is 2.61 bits per heavy atom. The Labute approximate surface area is 167 Å². The second kappa shape index (κ2) is 10.1. The van der Waals surface area contributed by atoms with Crippen molar-refractivity contribution in [3.8, 4) is 11.5 Å². The van der Waals surface area contributed by atoms with Crippen molar-refractivity contribution in [1.82, 2.24) is 10.6 Å². The molecule has 3 rings (SSSR count). The van der Waals surface area contributed by atoms with Crippen molar-refractivity contribution in [2.45, 2.75) is 31.7 Å². The zero-order chi connectivity index (χ0) is 19.8. The largest absolute Gasteiger partial charge is 0.493 e. The third kappa shape index (κ3) is 5.49. The molecule has 5 heteroatoms. The normalized spacial score (nSPS) is 17.1. The number of methoxy groups -OCH3 is 2. The molecule has 0 radical (unpaired) electrons. The van der Waals surface area contributed by atoms with Crippen molar-refractivity contribution >= 4 is 5.91 Å². The number of rotatable bonds is 9. The maximum atomic E-state index is 12.6. The van der Waals surface area contributed by atoms with Crippen LogP contribution in [0.25, 0.3) is 0 Å². The Morgan fingerprint density at radius 2 is 1.93 bits per heavy atom. The van der Waals surface area contributed by atoms with Gasteiger partial charge < -0.3 is 20.1 Å². The minimum absolute atomic E-state index is 0.0755. The number of nitrogens with one attached hydrogen (secondary N) is 2. The average molecular weight is 383 g/mol. The highest BCUT2D eigenvalue weighted by atomic mass is 16.5. The van der Waals surface area contributed by atoms with E-state index in [2.05, 4.69) is 22.8 Å². The predicted molar refractivity (Wildman–Crippen MR) is 111 cm³/mol. The van der Waals surface area contributed by atoms with Crippen LogP contribution in [0.5, 0.6) is 11.5 Å². The van der Waals surface area contributed by atoms with Crippen molar-refractivity contribution in [2.75, 3.05) is 27.3 Å². The van der Waals surface area contributed by atoms with Crippen molar-refractivity contribution in [3.63, 3.8) is 0 Å². The molecular formula is C23H30N2O3. The van der Waals surface area contributed by atoms with E-state index in [0.717, 1.165) is 30.6 Å². The molecule has 2 unspecified atom stereocenters. The summed E-state index contributed by atoms with van der Waals surface area (Å²) in [5, 5.41) is 6.60. The van der Waals surface area contributed by atoms with Crippen LogP contribution in [0, 0.1) is 5.92 Å². The van der Waals surface area contributed by atoms with Crippen LogP contribution >= 0.6 is 0 Å². The summed E-state index contributed by atoms with van der Waals surface area (Å²) in [7, 11) is 3.26. The van der Waals surface area contributed by atoms with Gasteiger partial charge in [-0.3, -0.25) is 4.79 Å². The first-order valence-corrected chi connectivity index (χ1v) is 9.95. The fraction of sp³-hybridized carbons (Fsp3) is 0.435. The zero-order valence-corrected chi connectivity index (χ0v) is 16.7. The number of amides is 1. The number of hydrogen-bond donors (Lipinski definition) is 2. The van der Waals surface area contributed by atoms with Crippen molar-refractivity contribution < 1.29 is 14.3 Å². The second-order valence-electron chi connectivity index (χ2n) is 7.32. The van der Waals surface area contributed by atoms with Crippen LogP contribution in [-0.2, 0) is 11.2 Å². The van der Waals surface area contributed by atoms with E-state index in [4.69, 9.17) is 9.47 Å². The van der Waals surface area contributed by atoms with Gasteiger partial charge in [-0.15, -0.1) is 0 Å². The van der Waals surface area contributed by atoms with Gasteiger partial charge in [-0.2, -0.15) is 0 Å². The van der Waals surface area contributed by atoms with E-state index in [-0.39, 0.29) is 11.9 Å². The lowest BCUT2D eigenvalue weighted by molar-refractivity contribution is -0.122. The third-order valence-electron chi connectivity index (χ3n) is 5.37. The smallest absolute Gasteiger partial charge is 0.220 e. The van der Waals surface area contributed by atoms with E-state index in [9.17, 15) is 4.79 Å². The molecule has 28 heavy (non-hydrogen) atoms. The summed E-state index contributed by atoms with van der Waals surface area (Å²) in [4.78, 5) is 12.6. The lowest BCUT2D eigenvalue weighted by atomic mass is 9.97. The van der Waals surface area contributed by atoms with Gasteiger partial charge in [0, 0.05) is 6.42 Å². The first-order chi connectivity index (χ1) is 13.7. The van der Waals surface area contributed by atoms with Crippen LogP contribution in [0.15, 0.2) is 48.5 Å². The summed E-state index contributed by atoms with van der Waals surface area (Å²) in [6, 6.07) is 16.0. The highest BCUT2D eigenvalue weighted by molar-refractivity contribution is 5.76. The quantitative estimate of drug-likeness (QED) is 0.697. The van der Waals surface area contributed by atoms with Gasteiger partial charge in [0.15, 0.2) is 11.5 Å². The van der Waals surface area contributed by atoms with Gasteiger partial charge in [-0.1, -0.05) is 36.4 Å². The first-order valence-electron chi connectivity index (χ1n) is 9.95. The molecule has 2 aromatic carbocycles. The van der Waals surface area contributed by atoms with Gasteiger partial charge in [0.2, 0.25) is 5.91 Å². The first kappa shape index (κ1) is 20.2.